The molecule has 2 atom stereocenters. The number of hydrogen-bond donors (Lipinski definition) is 1. The first-order valence-corrected chi connectivity index (χ1v) is 5.04. The molecule has 3 nitrogen and oxygen atoms in total. The van der Waals surface area contributed by atoms with Gasteiger partial charge in [-0.25, -0.2) is 0 Å². The minimum absolute atomic E-state index is 0.114. The maximum absolute atomic E-state index is 6.26. The van der Waals surface area contributed by atoms with Gasteiger partial charge in [-0.05, 0) is 25.2 Å². The molecule has 0 spiro atoms. The Morgan fingerprint density at radius 2 is 2.38 bits per heavy atom. The topological polar surface area (TPSA) is 44.5 Å². The van der Waals surface area contributed by atoms with Crippen molar-refractivity contribution in [2.45, 2.75) is 31.7 Å². The molecule has 0 aromatic rings. The van der Waals surface area contributed by atoms with Crippen LogP contribution in [0.15, 0.2) is 0 Å². The summed E-state index contributed by atoms with van der Waals surface area (Å²) in [5, 5.41) is 0. The van der Waals surface area contributed by atoms with E-state index in [4.69, 9.17) is 15.2 Å². The molecule has 1 fully saturated rings. The first kappa shape index (κ1) is 11.0. The zero-order chi connectivity index (χ0) is 9.73. The Morgan fingerprint density at radius 1 is 1.62 bits per heavy atom. The Balaban J connectivity index is 2.37. The summed E-state index contributed by atoms with van der Waals surface area (Å²) in [7, 11) is 1.73. The minimum Gasteiger partial charge on any atom is -0.385 e. The summed E-state index contributed by atoms with van der Waals surface area (Å²) in [6.45, 7) is 4.56. The van der Waals surface area contributed by atoms with Gasteiger partial charge in [0.2, 0.25) is 0 Å². The standard InChI is InChI=1S/C10H21NO2/c1-9(4-7-12-2)10(11)5-3-6-13-8-10/h9H,3-8,11H2,1-2H3. The highest BCUT2D eigenvalue weighted by molar-refractivity contribution is 4.91. The van der Waals surface area contributed by atoms with Gasteiger partial charge in [-0.2, -0.15) is 0 Å². The summed E-state index contributed by atoms with van der Waals surface area (Å²) in [6, 6.07) is 0. The highest BCUT2D eigenvalue weighted by Crippen LogP contribution is 2.26. The lowest BCUT2D eigenvalue weighted by Crippen LogP contribution is -2.52. The van der Waals surface area contributed by atoms with Crippen molar-refractivity contribution in [2.75, 3.05) is 26.9 Å². The van der Waals surface area contributed by atoms with E-state index in [1.54, 1.807) is 7.11 Å². The second kappa shape index (κ2) is 4.94. The number of hydrogen-bond acceptors (Lipinski definition) is 3. The number of rotatable bonds is 4. The third-order valence-corrected chi connectivity index (χ3v) is 3.04. The summed E-state index contributed by atoms with van der Waals surface area (Å²) in [4.78, 5) is 0. The molecule has 3 heteroatoms. The van der Waals surface area contributed by atoms with Crippen LogP contribution in [0.4, 0.5) is 0 Å². The molecular weight excluding hydrogens is 166 g/mol. The maximum Gasteiger partial charge on any atom is 0.0648 e. The first-order valence-electron chi connectivity index (χ1n) is 5.04. The average Bonchev–Trinajstić information content (AvgIpc) is 2.15. The van der Waals surface area contributed by atoms with Crippen LogP contribution in [0.25, 0.3) is 0 Å². The molecule has 2 N–H and O–H groups in total. The van der Waals surface area contributed by atoms with Crippen molar-refractivity contribution < 1.29 is 9.47 Å². The molecule has 0 saturated carbocycles. The largest absolute Gasteiger partial charge is 0.385 e. The van der Waals surface area contributed by atoms with E-state index in [0.29, 0.717) is 12.5 Å². The lowest BCUT2D eigenvalue weighted by atomic mass is 9.80. The smallest absolute Gasteiger partial charge is 0.0648 e. The van der Waals surface area contributed by atoms with Crippen molar-refractivity contribution in [3.05, 3.63) is 0 Å². The van der Waals surface area contributed by atoms with Gasteiger partial charge >= 0.3 is 0 Å². The van der Waals surface area contributed by atoms with Gasteiger partial charge < -0.3 is 15.2 Å². The molecule has 1 aliphatic rings. The maximum atomic E-state index is 6.26. The van der Waals surface area contributed by atoms with Gasteiger partial charge in [-0.3, -0.25) is 0 Å². The molecule has 0 aliphatic carbocycles. The van der Waals surface area contributed by atoms with E-state index in [1.165, 1.54) is 0 Å². The third kappa shape index (κ3) is 2.93. The van der Waals surface area contributed by atoms with Crippen molar-refractivity contribution in [3.63, 3.8) is 0 Å². The Morgan fingerprint density at radius 3 is 2.92 bits per heavy atom. The fourth-order valence-corrected chi connectivity index (χ4v) is 1.81. The summed E-state index contributed by atoms with van der Waals surface area (Å²) >= 11 is 0. The number of methoxy groups -OCH3 is 1. The quantitative estimate of drug-likeness (QED) is 0.718. The van der Waals surface area contributed by atoms with Crippen LogP contribution in [0, 0.1) is 5.92 Å². The second-order valence-corrected chi connectivity index (χ2v) is 4.07. The van der Waals surface area contributed by atoms with Gasteiger partial charge in [-0.15, -0.1) is 0 Å². The van der Waals surface area contributed by atoms with E-state index in [0.717, 1.165) is 32.5 Å². The van der Waals surface area contributed by atoms with Crippen LogP contribution in [0.5, 0.6) is 0 Å². The monoisotopic (exact) mass is 187 g/mol. The molecule has 1 aliphatic heterocycles. The highest BCUT2D eigenvalue weighted by atomic mass is 16.5. The lowest BCUT2D eigenvalue weighted by Gasteiger charge is -2.38. The molecule has 1 saturated heterocycles. The fourth-order valence-electron chi connectivity index (χ4n) is 1.81. The normalized spacial score (nSPS) is 31.6. The minimum atomic E-state index is -0.114. The second-order valence-electron chi connectivity index (χ2n) is 4.07. The molecule has 0 radical (unpaired) electrons. The van der Waals surface area contributed by atoms with Crippen molar-refractivity contribution >= 4 is 0 Å². The summed E-state index contributed by atoms with van der Waals surface area (Å²) in [5.74, 6) is 0.479. The molecule has 2 unspecified atom stereocenters. The summed E-state index contributed by atoms with van der Waals surface area (Å²) in [6.07, 6.45) is 3.20. The summed E-state index contributed by atoms with van der Waals surface area (Å²) in [5.41, 5.74) is 6.15. The van der Waals surface area contributed by atoms with E-state index < -0.39 is 0 Å². The van der Waals surface area contributed by atoms with Gasteiger partial charge in [0.1, 0.15) is 0 Å². The van der Waals surface area contributed by atoms with Crippen LogP contribution in [0.1, 0.15) is 26.2 Å². The molecule has 0 bridgehead atoms. The van der Waals surface area contributed by atoms with Crippen molar-refractivity contribution in [1.82, 2.24) is 0 Å². The van der Waals surface area contributed by atoms with Gasteiger partial charge in [0.05, 0.1) is 6.61 Å². The Kier molecular flexibility index (Phi) is 4.16. The third-order valence-electron chi connectivity index (χ3n) is 3.04. The van der Waals surface area contributed by atoms with Crippen LogP contribution < -0.4 is 5.73 Å². The predicted octanol–water partition coefficient (Wildman–Crippen LogP) is 1.17. The zero-order valence-corrected chi connectivity index (χ0v) is 8.71. The Bertz CT molecular complexity index is 144. The molecule has 0 aromatic heterocycles. The molecular formula is C10H21NO2. The summed E-state index contributed by atoms with van der Waals surface area (Å²) < 4.78 is 10.5. The molecule has 1 rings (SSSR count). The zero-order valence-electron chi connectivity index (χ0n) is 8.71. The van der Waals surface area contributed by atoms with Crippen molar-refractivity contribution in [1.29, 1.82) is 0 Å². The molecule has 13 heavy (non-hydrogen) atoms. The van der Waals surface area contributed by atoms with Gasteiger partial charge in [0.15, 0.2) is 0 Å². The molecule has 0 aromatic carbocycles. The Hall–Kier alpha value is -0.120. The highest BCUT2D eigenvalue weighted by Gasteiger charge is 2.33. The van der Waals surface area contributed by atoms with E-state index in [1.807, 2.05) is 0 Å². The molecule has 78 valence electrons. The van der Waals surface area contributed by atoms with Gasteiger partial charge in [0, 0.05) is 25.9 Å². The fraction of sp³-hybridized carbons (Fsp3) is 1.00. The SMILES string of the molecule is COCCC(C)C1(N)CCCOC1. The van der Waals surface area contributed by atoms with Gasteiger partial charge in [-0.1, -0.05) is 6.92 Å². The van der Waals surface area contributed by atoms with E-state index in [-0.39, 0.29) is 5.54 Å². The molecule has 1 heterocycles. The average molecular weight is 187 g/mol. The number of nitrogens with two attached hydrogens (primary N) is 1. The lowest BCUT2D eigenvalue weighted by molar-refractivity contribution is 0.00791. The van der Waals surface area contributed by atoms with E-state index >= 15 is 0 Å². The number of ether oxygens (including phenoxy) is 2. The van der Waals surface area contributed by atoms with E-state index in [9.17, 15) is 0 Å². The van der Waals surface area contributed by atoms with E-state index in [2.05, 4.69) is 6.92 Å². The van der Waals surface area contributed by atoms with Crippen molar-refractivity contribution in [2.24, 2.45) is 11.7 Å². The van der Waals surface area contributed by atoms with Crippen LogP contribution >= 0.6 is 0 Å². The van der Waals surface area contributed by atoms with Crippen molar-refractivity contribution in [3.8, 4) is 0 Å². The van der Waals surface area contributed by atoms with Crippen LogP contribution in [0.3, 0.4) is 0 Å². The van der Waals surface area contributed by atoms with Crippen LogP contribution in [-0.4, -0.2) is 32.5 Å². The Labute approximate surface area is 80.6 Å². The van der Waals surface area contributed by atoms with Crippen LogP contribution in [-0.2, 0) is 9.47 Å². The predicted molar refractivity (Wildman–Crippen MR) is 52.6 cm³/mol. The molecule has 0 amide bonds. The van der Waals surface area contributed by atoms with Crippen LogP contribution in [0.2, 0.25) is 0 Å². The van der Waals surface area contributed by atoms with Gasteiger partial charge in [0.25, 0.3) is 0 Å². The first-order chi connectivity index (χ1) is 6.19.